The molecule has 2 N–H and O–H groups in total. The molecule has 0 atom stereocenters. The summed E-state index contributed by atoms with van der Waals surface area (Å²) in [6, 6.07) is 6.78. The number of thiophene rings is 1. The van der Waals surface area contributed by atoms with Crippen molar-refractivity contribution >= 4 is 51.4 Å². The molecule has 3 rings (SSSR count). The van der Waals surface area contributed by atoms with Crippen molar-refractivity contribution < 1.29 is 19.5 Å². The summed E-state index contributed by atoms with van der Waals surface area (Å²) in [7, 11) is 0. The van der Waals surface area contributed by atoms with Gasteiger partial charge in [0.25, 0.3) is 5.91 Å². The van der Waals surface area contributed by atoms with Crippen molar-refractivity contribution in [3.8, 4) is 0 Å². The Morgan fingerprint density at radius 1 is 1.04 bits per heavy atom. The number of anilines is 2. The number of fused-ring (bicyclic) bond motifs is 1. The van der Waals surface area contributed by atoms with Crippen LogP contribution in [0.5, 0.6) is 0 Å². The topological polar surface area (TPSA) is 98.3 Å². The molecule has 27 heavy (non-hydrogen) atoms. The summed E-state index contributed by atoms with van der Waals surface area (Å²) in [4.78, 5) is 36.6. The SMILES string of the molecule is O=C([O-])CCC(=O)Nc1sc2c(c1C(=O)Nc1ccc(Cl)cc1)CCCC2. The molecule has 142 valence electrons. The van der Waals surface area contributed by atoms with Gasteiger partial charge in [-0.25, -0.2) is 0 Å². The molecule has 0 bridgehead atoms. The zero-order chi connectivity index (χ0) is 19.4. The van der Waals surface area contributed by atoms with E-state index in [1.165, 1.54) is 11.3 Å². The Balaban J connectivity index is 1.84. The van der Waals surface area contributed by atoms with Gasteiger partial charge in [-0.3, -0.25) is 9.59 Å². The highest BCUT2D eigenvalue weighted by Gasteiger charge is 2.26. The van der Waals surface area contributed by atoms with E-state index in [1.807, 2.05) is 0 Å². The fraction of sp³-hybridized carbons (Fsp3) is 0.316. The molecule has 0 spiro atoms. The van der Waals surface area contributed by atoms with Crippen LogP contribution in [0.25, 0.3) is 0 Å². The van der Waals surface area contributed by atoms with Crippen molar-refractivity contribution in [2.75, 3.05) is 10.6 Å². The molecule has 2 amide bonds. The third-order valence-corrected chi connectivity index (χ3v) is 5.77. The number of hydrogen-bond donors (Lipinski definition) is 2. The first-order valence-electron chi connectivity index (χ1n) is 8.65. The average Bonchev–Trinajstić information content (AvgIpc) is 2.99. The molecule has 6 nitrogen and oxygen atoms in total. The number of carbonyl (C=O) groups excluding carboxylic acids is 3. The Morgan fingerprint density at radius 2 is 1.74 bits per heavy atom. The number of carboxylic acids is 1. The Labute approximate surface area is 165 Å². The van der Waals surface area contributed by atoms with Gasteiger partial charge in [-0.05, 0) is 61.9 Å². The number of aryl methyl sites for hydroxylation is 1. The lowest BCUT2D eigenvalue weighted by Crippen LogP contribution is -2.24. The van der Waals surface area contributed by atoms with E-state index in [4.69, 9.17) is 11.6 Å². The zero-order valence-corrected chi connectivity index (χ0v) is 16.0. The molecule has 1 aliphatic carbocycles. The minimum atomic E-state index is -1.28. The second-order valence-corrected chi connectivity index (χ2v) is 7.84. The van der Waals surface area contributed by atoms with E-state index >= 15 is 0 Å². The van der Waals surface area contributed by atoms with Crippen LogP contribution in [0.3, 0.4) is 0 Å². The van der Waals surface area contributed by atoms with E-state index in [0.29, 0.717) is 21.3 Å². The third kappa shape index (κ3) is 4.87. The lowest BCUT2D eigenvalue weighted by molar-refractivity contribution is -0.305. The number of amides is 2. The number of hydrogen-bond acceptors (Lipinski definition) is 5. The van der Waals surface area contributed by atoms with Crippen molar-refractivity contribution in [2.45, 2.75) is 38.5 Å². The van der Waals surface area contributed by atoms with Crippen LogP contribution in [0.2, 0.25) is 5.02 Å². The molecular weight excluding hydrogens is 388 g/mol. The lowest BCUT2D eigenvalue weighted by atomic mass is 9.95. The first kappa shape index (κ1) is 19.4. The first-order valence-corrected chi connectivity index (χ1v) is 9.84. The van der Waals surface area contributed by atoms with E-state index in [1.54, 1.807) is 24.3 Å². The summed E-state index contributed by atoms with van der Waals surface area (Å²) in [5.74, 6) is -2.03. The van der Waals surface area contributed by atoms with Crippen molar-refractivity contribution in [2.24, 2.45) is 0 Å². The maximum atomic E-state index is 12.9. The molecule has 0 unspecified atom stereocenters. The summed E-state index contributed by atoms with van der Waals surface area (Å²) >= 11 is 7.26. The first-order chi connectivity index (χ1) is 12.9. The van der Waals surface area contributed by atoms with Gasteiger partial charge in [0, 0.05) is 28.0 Å². The van der Waals surface area contributed by atoms with E-state index in [-0.39, 0.29) is 18.7 Å². The molecule has 0 saturated carbocycles. The minimum Gasteiger partial charge on any atom is -0.550 e. The van der Waals surface area contributed by atoms with E-state index in [0.717, 1.165) is 36.1 Å². The van der Waals surface area contributed by atoms with Gasteiger partial charge in [-0.1, -0.05) is 11.6 Å². The number of carbonyl (C=O) groups is 3. The maximum Gasteiger partial charge on any atom is 0.258 e. The predicted octanol–water partition coefficient (Wildman–Crippen LogP) is 3.00. The molecule has 1 aliphatic rings. The highest BCUT2D eigenvalue weighted by atomic mass is 35.5. The van der Waals surface area contributed by atoms with Gasteiger partial charge in [0.1, 0.15) is 5.00 Å². The van der Waals surface area contributed by atoms with Crippen LogP contribution >= 0.6 is 22.9 Å². The summed E-state index contributed by atoms with van der Waals surface area (Å²) < 4.78 is 0. The molecule has 0 saturated heterocycles. The minimum absolute atomic E-state index is 0.191. The van der Waals surface area contributed by atoms with E-state index in [2.05, 4.69) is 10.6 Å². The molecule has 1 aromatic heterocycles. The molecular formula is C19H18ClN2O4S-. The van der Waals surface area contributed by atoms with Crippen molar-refractivity contribution in [1.82, 2.24) is 0 Å². The van der Waals surface area contributed by atoms with Gasteiger partial charge >= 0.3 is 0 Å². The smallest absolute Gasteiger partial charge is 0.258 e. The zero-order valence-electron chi connectivity index (χ0n) is 14.5. The second kappa shape index (κ2) is 8.54. The lowest BCUT2D eigenvalue weighted by Gasteiger charge is -2.13. The second-order valence-electron chi connectivity index (χ2n) is 6.30. The highest BCUT2D eigenvalue weighted by molar-refractivity contribution is 7.17. The Hall–Kier alpha value is -2.38. The summed E-state index contributed by atoms with van der Waals surface area (Å²) in [6.07, 6.45) is 3.14. The monoisotopic (exact) mass is 405 g/mol. The van der Waals surface area contributed by atoms with Crippen molar-refractivity contribution in [3.63, 3.8) is 0 Å². The fourth-order valence-corrected chi connectivity index (χ4v) is 4.45. The maximum absolute atomic E-state index is 12.9. The van der Waals surface area contributed by atoms with Crippen molar-refractivity contribution in [3.05, 3.63) is 45.3 Å². The molecule has 2 aromatic rings. The summed E-state index contributed by atoms with van der Waals surface area (Å²) in [5, 5.41) is 17.1. The highest BCUT2D eigenvalue weighted by Crippen LogP contribution is 2.38. The quantitative estimate of drug-likeness (QED) is 0.771. The molecule has 1 aromatic carbocycles. The Morgan fingerprint density at radius 3 is 2.44 bits per heavy atom. The van der Waals surface area contributed by atoms with Crippen LogP contribution < -0.4 is 15.7 Å². The normalized spacial score (nSPS) is 12.9. The van der Waals surface area contributed by atoms with Gasteiger partial charge in [-0.15, -0.1) is 11.3 Å². The molecule has 0 fully saturated rings. The van der Waals surface area contributed by atoms with Gasteiger partial charge in [-0.2, -0.15) is 0 Å². The van der Waals surface area contributed by atoms with Crippen LogP contribution in [0.1, 0.15) is 46.5 Å². The fourth-order valence-electron chi connectivity index (χ4n) is 3.03. The summed E-state index contributed by atoms with van der Waals surface area (Å²) in [5.41, 5.74) is 2.04. The largest absolute Gasteiger partial charge is 0.550 e. The molecule has 8 heteroatoms. The van der Waals surface area contributed by atoms with Crippen LogP contribution in [-0.4, -0.2) is 17.8 Å². The van der Waals surface area contributed by atoms with Crippen LogP contribution in [0.4, 0.5) is 10.7 Å². The van der Waals surface area contributed by atoms with E-state index in [9.17, 15) is 19.5 Å². The number of aliphatic carboxylic acids is 1. The average molecular weight is 406 g/mol. The van der Waals surface area contributed by atoms with E-state index < -0.39 is 11.9 Å². The predicted molar refractivity (Wildman–Crippen MR) is 103 cm³/mol. The van der Waals surface area contributed by atoms with Crippen LogP contribution in [-0.2, 0) is 22.4 Å². The Kier molecular flexibility index (Phi) is 6.13. The van der Waals surface area contributed by atoms with Gasteiger partial charge < -0.3 is 20.5 Å². The number of benzene rings is 1. The molecule has 0 aliphatic heterocycles. The van der Waals surface area contributed by atoms with Gasteiger partial charge in [0.2, 0.25) is 5.91 Å². The standard InChI is InChI=1S/C19H19ClN2O4S/c20-11-5-7-12(8-6-11)21-18(26)17-13-3-1-2-4-14(13)27-19(17)22-15(23)9-10-16(24)25/h5-8H,1-4,9-10H2,(H,21,26)(H,22,23)(H,24,25)/p-1. The molecule has 1 heterocycles. The summed E-state index contributed by atoms with van der Waals surface area (Å²) in [6.45, 7) is 0. The third-order valence-electron chi connectivity index (χ3n) is 4.31. The van der Waals surface area contributed by atoms with Crippen LogP contribution in [0.15, 0.2) is 24.3 Å². The molecule has 0 radical (unpaired) electrons. The van der Waals surface area contributed by atoms with Crippen molar-refractivity contribution in [1.29, 1.82) is 0 Å². The number of halogens is 1. The number of carboxylic acid groups (broad SMARTS) is 1. The number of nitrogens with one attached hydrogen (secondary N) is 2. The van der Waals surface area contributed by atoms with Gasteiger partial charge in [0.15, 0.2) is 0 Å². The number of rotatable bonds is 6. The van der Waals surface area contributed by atoms with Crippen LogP contribution in [0, 0.1) is 0 Å². The van der Waals surface area contributed by atoms with Gasteiger partial charge in [0.05, 0.1) is 5.56 Å². The Bertz CT molecular complexity index is 877.